The predicted octanol–water partition coefficient (Wildman–Crippen LogP) is 3.03. The summed E-state index contributed by atoms with van der Waals surface area (Å²) in [5.41, 5.74) is 2.54. The summed E-state index contributed by atoms with van der Waals surface area (Å²) in [6.07, 6.45) is 1.72. The van der Waals surface area contributed by atoms with Gasteiger partial charge in [0.05, 0.1) is 5.52 Å². The van der Waals surface area contributed by atoms with Gasteiger partial charge in [0.15, 0.2) is 5.69 Å². The summed E-state index contributed by atoms with van der Waals surface area (Å²) in [5.74, 6) is -0.470. The number of hydrogen-bond acceptors (Lipinski definition) is 3. The number of carbonyl (C=O) groups excluding carboxylic acids is 2. The van der Waals surface area contributed by atoms with Crippen molar-refractivity contribution in [2.24, 2.45) is 0 Å². The maximum Gasteiger partial charge on any atom is 0.287 e. The van der Waals surface area contributed by atoms with E-state index in [1.807, 2.05) is 51.1 Å². The third kappa shape index (κ3) is 3.52. The molecule has 1 aromatic carbocycles. The van der Waals surface area contributed by atoms with Crippen molar-refractivity contribution in [1.29, 1.82) is 0 Å². The van der Waals surface area contributed by atoms with Gasteiger partial charge in [-0.2, -0.15) is 0 Å². The highest BCUT2D eigenvalue weighted by molar-refractivity contribution is 6.09. The first-order valence-electron chi connectivity index (χ1n) is 8.11. The molecule has 0 spiro atoms. The van der Waals surface area contributed by atoms with Crippen LogP contribution in [0.25, 0.3) is 5.52 Å². The lowest BCUT2D eigenvalue weighted by molar-refractivity contribution is 0.0932. The summed E-state index contributed by atoms with van der Waals surface area (Å²) >= 11 is 0. The van der Waals surface area contributed by atoms with E-state index in [-0.39, 0.29) is 29.4 Å². The highest BCUT2D eigenvalue weighted by Gasteiger charge is 2.21. The van der Waals surface area contributed by atoms with Gasteiger partial charge in [-0.3, -0.25) is 14.0 Å². The predicted molar refractivity (Wildman–Crippen MR) is 96.9 cm³/mol. The monoisotopic (exact) mass is 336 g/mol. The zero-order valence-electron chi connectivity index (χ0n) is 14.4. The van der Waals surface area contributed by atoms with Gasteiger partial charge >= 0.3 is 0 Å². The molecule has 6 nitrogen and oxygen atoms in total. The van der Waals surface area contributed by atoms with E-state index in [2.05, 4.69) is 15.6 Å². The van der Waals surface area contributed by atoms with Crippen molar-refractivity contribution in [2.45, 2.75) is 26.8 Å². The van der Waals surface area contributed by atoms with Gasteiger partial charge in [0, 0.05) is 17.9 Å². The number of carbonyl (C=O) groups is 2. The van der Waals surface area contributed by atoms with Gasteiger partial charge in [-0.05, 0) is 50.6 Å². The Kier molecular flexibility index (Phi) is 4.52. The van der Waals surface area contributed by atoms with Crippen LogP contribution in [0.1, 0.15) is 40.5 Å². The van der Waals surface area contributed by atoms with E-state index in [4.69, 9.17) is 0 Å². The second-order valence-electron chi connectivity index (χ2n) is 6.19. The van der Waals surface area contributed by atoms with E-state index >= 15 is 0 Å². The van der Waals surface area contributed by atoms with Crippen LogP contribution >= 0.6 is 0 Å². The van der Waals surface area contributed by atoms with Gasteiger partial charge in [-0.25, -0.2) is 4.98 Å². The number of rotatable bonds is 4. The minimum absolute atomic E-state index is 0.0202. The van der Waals surface area contributed by atoms with Crippen molar-refractivity contribution in [2.75, 3.05) is 5.32 Å². The largest absolute Gasteiger partial charge is 0.347 e. The number of aryl methyl sites for hydroxylation is 1. The minimum Gasteiger partial charge on any atom is -0.347 e. The highest BCUT2D eigenvalue weighted by Crippen LogP contribution is 2.16. The lowest BCUT2D eigenvalue weighted by Gasteiger charge is -2.06. The van der Waals surface area contributed by atoms with Gasteiger partial charge in [-0.1, -0.05) is 18.2 Å². The van der Waals surface area contributed by atoms with Gasteiger partial charge in [0.25, 0.3) is 11.8 Å². The second-order valence-corrected chi connectivity index (χ2v) is 6.19. The van der Waals surface area contributed by atoms with E-state index < -0.39 is 0 Å². The summed E-state index contributed by atoms with van der Waals surface area (Å²) in [7, 11) is 0. The molecule has 128 valence electrons. The molecule has 0 bridgehead atoms. The number of imidazole rings is 1. The van der Waals surface area contributed by atoms with Crippen LogP contribution in [0.15, 0.2) is 48.7 Å². The number of hydrogen-bond donors (Lipinski definition) is 2. The Balaban J connectivity index is 1.98. The molecule has 25 heavy (non-hydrogen) atoms. The molecule has 3 rings (SSSR count). The SMILES string of the molecule is Cc1cccc(NC(=O)c2nc(C(=O)NC(C)C)n3ccccc23)c1. The summed E-state index contributed by atoms with van der Waals surface area (Å²) < 4.78 is 1.63. The van der Waals surface area contributed by atoms with Crippen LogP contribution in [0.3, 0.4) is 0 Å². The van der Waals surface area contributed by atoms with Gasteiger partial charge in [0.2, 0.25) is 5.82 Å². The Bertz CT molecular complexity index is 944. The number of anilines is 1. The number of fused-ring (bicyclic) bond motifs is 1. The van der Waals surface area contributed by atoms with Gasteiger partial charge in [0.1, 0.15) is 0 Å². The smallest absolute Gasteiger partial charge is 0.287 e. The molecular weight excluding hydrogens is 316 g/mol. The van der Waals surface area contributed by atoms with Crippen LogP contribution in [-0.4, -0.2) is 27.2 Å². The average molecular weight is 336 g/mol. The average Bonchev–Trinajstić information content (AvgIpc) is 2.94. The van der Waals surface area contributed by atoms with Gasteiger partial charge in [-0.15, -0.1) is 0 Å². The van der Waals surface area contributed by atoms with Crippen LogP contribution < -0.4 is 10.6 Å². The Labute approximate surface area is 145 Å². The van der Waals surface area contributed by atoms with Crippen molar-refractivity contribution in [1.82, 2.24) is 14.7 Å². The molecule has 0 saturated heterocycles. The molecule has 0 aliphatic carbocycles. The molecule has 0 saturated carbocycles. The molecule has 2 aromatic heterocycles. The molecule has 2 amide bonds. The van der Waals surface area contributed by atoms with E-state index in [1.54, 1.807) is 22.7 Å². The zero-order chi connectivity index (χ0) is 18.0. The van der Waals surface area contributed by atoms with Crippen LogP contribution in [-0.2, 0) is 0 Å². The Morgan fingerprint density at radius 3 is 2.60 bits per heavy atom. The van der Waals surface area contributed by atoms with E-state index in [9.17, 15) is 9.59 Å². The fourth-order valence-electron chi connectivity index (χ4n) is 2.60. The number of nitrogens with one attached hydrogen (secondary N) is 2. The van der Waals surface area contributed by atoms with E-state index in [0.29, 0.717) is 11.2 Å². The fraction of sp³-hybridized carbons (Fsp3) is 0.211. The minimum atomic E-state index is -0.349. The molecule has 0 atom stereocenters. The molecule has 0 unspecified atom stereocenters. The fourth-order valence-corrected chi connectivity index (χ4v) is 2.60. The molecule has 2 heterocycles. The van der Waals surface area contributed by atoms with Crippen molar-refractivity contribution in [3.8, 4) is 0 Å². The summed E-state index contributed by atoms with van der Waals surface area (Å²) in [4.78, 5) is 29.4. The first-order chi connectivity index (χ1) is 12.0. The maximum atomic E-state index is 12.7. The second kappa shape index (κ2) is 6.76. The summed E-state index contributed by atoms with van der Waals surface area (Å²) in [6.45, 7) is 5.70. The molecule has 6 heteroatoms. The molecule has 0 aliphatic rings. The maximum absolute atomic E-state index is 12.7. The molecular formula is C19H20N4O2. The van der Waals surface area contributed by atoms with Crippen molar-refractivity contribution in [3.05, 3.63) is 65.7 Å². The van der Waals surface area contributed by atoms with E-state index in [1.165, 1.54) is 0 Å². The lowest BCUT2D eigenvalue weighted by atomic mass is 10.2. The van der Waals surface area contributed by atoms with Crippen LogP contribution in [0.4, 0.5) is 5.69 Å². The summed E-state index contributed by atoms with van der Waals surface area (Å²) in [5, 5.41) is 5.64. The molecule has 0 aliphatic heterocycles. The van der Waals surface area contributed by atoms with Crippen LogP contribution in [0, 0.1) is 6.92 Å². The molecule has 0 fully saturated rings. The topological polar surface area (TPSA) is 75.5 Å². The number of benzene rings is 1. The molecule has 0 radical (unpaired) electrons. The van der Waals surface area contributed by atoms with Crippen LogP contribution in [0.5, 0.6) is 0 Å². The number of nitrogens with zero attached hydrogens (tertiary/aromatic N) is 2. The summed E-state index contributed by atoms with van der Waals surface area (Å²) in [6, 6.07) is 12.9. The third-order valence-electron chi connectivity index (χ3n) is 3.66. The Morgan fingerprint density at radius 1 is 1.08 bits per heavy atom. The van der Waals surface area contributed by atoms with Crippen molar-refractivity contribution in [3.63, 3.8) is 0 Å². The van der Waals surface area contributed by atoms with Crippen molar-refractivity contribution < 1.29 is 9.59 Å². The Morgan fingerprint density at radius 2 is 1.88 bits per heavy atom. The molecule has 3 aromatic rings. The number of pyridine rings is 1. The lowest BCUT2D eigenvalue weighted by Crippen LogP contribution is -2.31. The number of amides is 2. The third-order valence-corrected chi connectivity index (χ3v) is 3.66. The zero-order valence-corrected chi connectivity index (χ0v) is 14.4. The number of aromatic nitrogens is 2. The van der Waals surface area contributed by atoms with Crippen molar-refractivity contribution >= 4 is 23.0 Å². The molecule has 2 N–H and O–H groups in total. The van der Waals surface area contributed by atoms with E-state index in [0.717, 1.165) is 5.56 Å². The van der Waals surface area contributed by atoms with Gasteiger partial charge < -0.3 is 10.6 Å². The first-order valence-corrected chi connectivity index (χ1v) is 8.11. The quantitative estimate of drug-likeness (QED) is 0.769. The standard InChI is InChI=1S/C19H20N4O2/c1-12(2)20-19(25)17-22-16(15-9-4-5-10-23(15)17)18(24)21-14-8-6-7-13(3)11-14/h4-12H,1-3H3,(H,20,25)(H,21,24). The Hall–Kier alpha value is -3.15. The normalized spacial score (nSPS) is 10.9. The first kappa shape index (κ1) is 16.7. The van der Waals surface area contributed by atoms with Crippen LogP contribution in [0.2, 0.25) is 0 Å². The highest BCUT2D eigenvalue weighted by atomic mass is 16.2.